The molecule has 1 amide bonds. The molecule has 1 N–H and O–H groups in total. The van der Waals surface area contributed by atoms with Gasteiger partial charge in [-0.1, -0.05) is 24.6 Å². The van der Waals surface area contributed by atoms with E-state index in [2.05, 4.69) is 10.3 Å². The Morgan fingerprint density at radius 3 is 3.00 bits per heavy atom. The molecule has 1 aromatic carbocycles. The maximum absolute atomic E-state index is 13.6. The number of hydrogen-bond acceptors (Lipinski definition) is 2. The maximum Gasteiger partial charge on any atom is 0.224 e. The van der Waals surface area contributed by atoms with Crippen molar-refractivity contribution in [3.63, 3.8) is 0 Å². The predicted octanol–water partition coefficient (Wildman–Crippen LogP) is 2.67. The fourth-order valence-corrected chi connectivity index (χ4v) is 2.26. The summed E-state index contributed by atoms with van der Waals surface area (Å²) in [5.41, 5.74) is 0.235. The molecule has 0 spiro atoms. The van der Waals surface area contributed by atoms with Crippen LogP contribution in [0.25, 0.3) is 0 Å². The summed E-state index contributed by atoms with van der Waals surface area (Å²) in [4.78, 5) is 15.8. The zero-order chi connectivity index (χ0) is 15.2. The number of carbonyl (C=O) groups is 1. The molecule has 0 aliphatic rings. The SMILES string of the molecule is C[C@H](CNC(=O)Cc1c(F)cccc1Cl)Cn1ccnc1. The average molecular weight is 310 g/mol. The molecule has 21 heavy (non-hydrogen) atoms. The topological polar surface area (TPSA) is 46.9 Å². The van der Waals surface area contributed by atoms with E-state index in [0.717, 1.165) is 6.54 Å². The molecule has 0 radical (unpaired) electrons. The highest BCUT2D eigenvalue weighted by molar-refractivity contribution is 6.31. The number of imidazole rings is 1. The summed E-state index contributed by atoms with van der Waals surface area (Å²) >= 11 is 5.90. The molecule has 2 rings (SSSR count). The summed E-state index contributed by atoms with van der Waals surface area (Å²) in [6, 6.07) is 4.40. The molecule has 4 nitrogen and oxygen atoms in total. The van der Waals surface area contributed by atoms with Gasteiger partial charge in [0.25, 0.3) is 0 Å². The van der Waals surface area contributed by atoms with Gasteiger partial charge in [-0.2, -0.15) is 0 Å². The van der Waals surface area contributed by atoms with Crippen LogP contribution in [0.2, 0.25) is 5.02 Å². The number of carbonyl (C=O) groups excluding carboxylic acids is 1. The smallest absolute Gasteiger partial charge is 0.224 e. The Hall–Kier alpha value is -1.88. The monoisotopic (exact) mass is 309 g/mol. The molecular weight excluding hydrogens is 293 g/mol. The zero-order valence-corrected chi connectivity index (χ0v) is 12.5. The normalized spacial score (nSPS) is 12.1. The van der Waals surface area contributed by atoms with Crippen LogP contribution in [-0.4, -0.2) is 22.0 Å². The van der Waals surface area contributed by atoms with E-state index in [4.69, 9.17) is 11.6 Å². The molecule has 6 heteroatoms. The zero-order valence-electron chi connectivity index (χ0n) is 11.7. The van der Waals surface area contributed by atoms with Crippen LogP contribution in [0.4, 0.5) is 4.39 Å². The molecule has 1 atom stereocenters. The van der Waals surface area contributed by atoms with Crippen LogP contribution >= 0.6 is 11.6 Å². The van der Waals surface area contributed by atoms with Crippen LogP contribution in [0.5, 0.6) is 0 Å². The number of nitrogens with zero attached hydrogens (tertiary/aromatic N) is 2. The lowest BCUT2D eigenvalue weighted by atomic mass is 10.1. The van der Waals surface area contributed by atoms with Gasteiger partial charge in [0.2, 0.25) is 5.91 Å². The van der Waals surface area contributed by atoms with Crippen LogP contribution in [0.1, 0.15) is 12.5 Å². The van der Waals surface area contributed by atoms with E-state index in [1.807, 2.05) is 17.7 Å². The Morgan fingerprint density at radius 2 is 2.33 bits per heavy atom. The van der Waals surface area contributed by atoms with Crippen LogP contribution in [0.15, 0.2) is 36.9 Å². The quantitative estimate of drug-likeness (QED) is 0.892. The van der Waals surface area contributed by atoms with Crippen molar-refractivity contribution in [2.24, 2.45) is 5.92 Å². The van der Waals surface area contributed by atoms with E-state index in [0.29, 0.717) is 6.54 Å². The fraction of sp³-hybridized carbons (Fsp3) is 0.333. The second kappa shape index (κ2) is 7.22. The Morgan fingerprint density at radius 1 is 1.52 bits per heavy atom. The number of hydrogen-bond donors (Lipinski definition) is 1. The standard InChI is InChI=1S/C15H17ClFN3O/c1-11(9-20-6-5-18-10-20)8-19-15(21)7-12-13(16)3-2-4-14(12)17/h2-6,10-11H,7-9H2,1H3,(H,19,21)/t11-/m1/s1. The first-order chi connectivity index (χ1) is 10.1. The van der Waals surface area contributed by atoms with Gasteiger partial charge in [0, 0.05) is 36.1 Å². The van der Waals surface area contributed by atoms with Crippen LogP contribution < -0.4 is 5.32 Å². The third kappa shape index (κ3) is 4.56. The summed E-state index contributed by atoms with van der Waals surface area (Å²) in [7, 11) is 0. The summed E-state index contributed by atoms with van der Waals surface area (Å²) < 4.78 is 15.5. The van der Waals surface area contributed by atoms with E-state index < -0.39 is 5.82 Å². The number of amides is 1. The van der Waals surface area contributed by atoms with E-state index in [-0.39, 0.29) is 28.8 Å². The molecule has 0 aliphatic carbocycles. The summed E-state index contributed by atoms with van der Waals surface area (Å²) in [5.74, 6) is -0.442. The van der Waals surface area contributed by atoms with Gasteiger partial charge in [-0.3, -0.25) is 4.79 Å². The predicted molar refractivity (Wildman–Crippen MR) is 79.5 cm³/mol. The second-order valence-electron chi connectivity index (χ2n) is 5.05. The van der Waals surface area contributed by atoms with Gasteiger partial charge in [0.05, 0.1) is 12.7 Å². The van der Waals surface area contributed by atoms with Crippen molar-refractivity contribution in [1.82, 2.24) is 14.9 Å². The molecule has 1 heterocycles. The summed E-state index contributed by atoms with van der Waals surface area (Å²) in [6.45, 7) is 3.31. The first kappa shape index (κ1) is 15.5. The number of benzene rings is 1. The summed E-state index contributed by atoms with van der Waals surface area (Å²) in [5, 5.41) is 3.07. The largest absolute Gasteiger partial charge is 0.355 e. The van der Waals surface area contributed by atoms with Crippen LogP contribution in [-0.2, 0) is 17.8 Å². The van der Waals surface area contributed by atoms with Crippen molar-refractivity contribution in [2.75, 3.05) is 6.54 Å². The molecule has 0 aliphatic heterocycles. The Balaban J connectivity index is 1.82. The van der Waals surface area contributed by atoms with Gasteiger partial charge in [-0.05, 0) is 18.1 Å². The number of aromatic nitrogens is 2. The number of halogens is 2. The molecule has 112 valence electrons. The molecule has 0 unspecified atom stereocenters. The highest BCUT2D eigenvalue weighted by Gasteiger charge is 2.12. The first-order valence-electron chi connectivity index (χ1n) is 6.71. The molecule has 1 aromatic heterocycles. The third-order valence-corrected chi connectivity index (χ3v) is 3.48. The fourth-order valence-electron chi connectivity index (χ4n) is 2.03. The van der Waals surface area contributed by atoms with Crippen molar-refractivity contribution >= 4 is 17.5 Å². The van der Waals surface area contributed by atoms with E-state index in [9.17, 15) is 9.18 Å². The van der Waals surface area contributed by atoms with E-state index in [1.54, 1.807) is 18.6 Å². The van der Waals surface area contributed by atoms with Crippen molar-refractivity contribution < 1.29 is 9.18 Å². The van der Waals surface area contributed by atoms with Crippen molar-refractivity contribution in [1.29, 1.82) is 0 Å². The minimum absolute atomic E-state index is 0.0523. The van der Waals surface area contributed by atoms with Crippen molar-refractivity contribution in [3.05, 3.63) is 53.3 Å². The Bertz CT molecular complexity index is 581. The van der Waals surface area contributed by atoms with Gasteiger partial charge in [0.1, 0.15) is 5.82 Å². The third-order valence-electron chi connectivity index (χ3n) is 3.13. The van der Waals surface area contributed by atoms with Crippen LogP contribution in [0.3, 0.4) is 0 Å². The molecule has 2 aromatic rings. The lowest BCUT2D eigenvalue weighted by Gasteiger charge is -2.13. The van der Waals surface area contributed by atoms with Crippen molar-refractivity contribution in [3.8, 4) is 0 Å². The second-order valence-corrected chi connectivity index (χ2v) is 5.45. The minimum Gasteiger partial charge on any atom is -0.355 e. The Kier molecular flexibility index (Phi) is 5.33. The minimum atomic E-state index is -0.455. The van der Waals surface area contributed by atoms with Gasteiger partial charge in [-0.15, -0.1) is 0 Å². The van der Waals surface area contributed by atoms with Crippen molar-refractivity contribution in [2.45, 2.75) is 19.9 Å². The van der Waals surface area contributed by atoms with E-state index >= 15 is 0 Å². The highest BCUT2D eigenvalue weighted by Crippen LogP contribution is 2.19. The average Bonchev–Trinajstić information content (AvgIpc) is 2.94. The van der Waals surface area contributed by atoms with Gasteiger partial charge >= 0.3 is 0 Å². The highest BCUT2D eigenvalue weighted by atomic mass is 35.5. The van der Waals surface area contributed by atoms with Crippen LogP contribution in [0, 0.1) is 11.7 Å². The first-order valence-corrected chi connectivity index (χ1v) is 7.09. The lowest BCUT2D eigenvalue weighted by molar-refractivity contribution is -0.120. The number of nitrogens with one attached hydrogen (secondary N) is 1. The van der Waals surface area contributed by atoms with Gasteiger partial charge in [0.15, 0.2) is 0 Å². The van der Waals surface area contributed by atoms with E-state index in [1.165, 1.54) is 12.1 Å². The molecule has 0 saturated carbocycles. The van der Waals surface area contributed by atoms with Gasteiger partial charge < -0.3 is 9.88 Å². The lowest BCUT2D eigenvalue weighted by Crippen LogP contribution is -2.31. The Labute approximate surface area is 127 Å². The number of rotatable bonds is 6. The molecular formula is C15H17ClFN3O. The maximum atomic E-state index is 13.6. The summed E-state index contributed by atoms with van der Waals surface area (Å²) in [6.07, 6.45) is 5.27. The van der Waals surface area contributed by atoms with Gasteiger partial charge in [-0.25, -0.2) is 9.37 Å². The molecule has 0 saturated heterocycles. The molecule has 0 fully saturated rings. The molecule has 0 bridgehead atoms.